The monoisotopic (exact) mass is 253 g/mol. The standard InChI is InChI=1S/C13H19NO4/c1-9-4-5-11(12(8-9)17-3)18-7-6-10(14-2)13(15)16/h4-5,8,10,14H,6-7H2,1-3H3,(H,15,16). The van der Waals surface area contributed by atoms with Crippen LogP contribution in [-0.4, -0.2) is 37.9 Å². The number of ether oxygens (including phenoxy) is 2. The Morgan fingerprint density at radius 1 is 1.44 bits per heavy atom. The SMILES string of the molecule is CNC(CCOc1ccc(C)cc1OC)C(=O)O. The first-order valence-electron chi connectivity index (χ1n) is 5.76. The van der Waals surface area contributed by atoms with Gasteiger partial charge >= 0.3 is 5.97 Å². The molecule has 1 rings (SSSR count). The number of likely N-dealkylation sites (N-methyl/N-ethyl adjacent to an activating group) is 1. The summed E-state index contributed by atoms with van der Waals surface area (Å²) < 4.78 is 10.7. The highest BCUT2D eigenvalue weighted by Crippen LogP contribution is 2.27. The number of benzene rings is 1. The smallest absolute Gasteiger partial charge is 0.320 e. The average molecular weight is 253 g/mol. The third-order valence-corrected chi connectivity index (χ3v) is 2.63. The first-order chi connectivity index (χ1) is 8.58. The zero-order valence-electron chi connectivity index (χ0n) is 10.9. The molecule has 0 heterocycles. The highest BCUT2D eigenvalue weighted by Gasteiger charge is 2.14. The second kappa shape index (κ2) is 6.86. The predicted molar refractivity (Wildman–Crippen MR) is 68.3 cm³/mol. The fourth-order valence-electron chi connectivity index (χ4n) is 1.57. The molecule has 1 atom stereocenters. The van der Waals surface area contributed by atoms with Crippen molar-refractivity contribution >= 4 is 5.97 Å². The lowest BCUT2D eigenvalue weighted by molar-refractivity contribution is -0.139. The van der Waals surface area contributed by atoms with Gasteiger partial charge < -0.3 is 19.9 Å². The number of hydrogen-bond donors (Lipinski definition) is 2. The molecule has 0 aromatic heterocycles. The second-order valence-corrected chi connectivity index (χ2v) is 3.97. The van der Waals surface area contributed by atoms with E-state index in [2.05, 4.69) is 5.32 Å². The van der Waals surface area contributed by atoms with E-state index >= 15 is 0 Å². The second-order valence-electron chi connectivity index (χ2n) is 3.97. The van der Waals surface area contributed by atoms with Crippen molar-refractivity contribution in [1.29, 1.82) is 0 Å². The number of methoxy groups -OCH3 is 1. The van der Waals surface area contributed by atoms with Gasteiger partial charge in [-0.1, -0.05) is 6.07 Å². The van der Waals surface area contributed by atoms with E-state index < -0.39 is 12.0 Å². The van der Waals surface area contributed by atoms with E-state index in [1.165, 1.54) is 0 Å². The Morgan fingerprint density at radius 3 is 2.72 bits per heavy atom. The van der Waals surface area contributed by atoms with Crippen molar-refractivity contribution in [2.75, 3.05) is 20.8 Å². The van der Waals surface area contributed by atoms with Gasteiger partial charge in [-0.2, -0.15) is 0 Å². The average Bonchev–Trinajstić information content (AvgIpc) is 2.35. The number of aryl methyl sites for hydroxylation is 1. The van der Waals surface area contributed by atoms with Crippen LogP contribution in [0.1, 0.15) is 12.0 Å². The maximum Gasteiger partial charge on any atom is 0.320 e. The van der Waals surface area contributed by atoms with Crippen molar-refractivity contribution in [2.45, 2.75) is 19.4 Å². The summed E-state index contributed by atoms with van der Waals surface area (Å²) in [5.74, 6) is 0.409. The highest BCUT2D eigenvalue weighted by molar-refractivity contribution is 5.73. The Labute approximate surface area is 107 Å². The number of rotatable bonds is 7. The summed E-state index contributed by atoms with van der Waals surface area (Å²) >= 11 is 0. The molecule has 1 aromatic carbocycles. The molecule has 5 nitrogen and oxygen atoms in total. The maximum absolute atomic E-state index is 10.8. The third kappa shape index (κ3) is 3.92. The van der Waals surface area contributed by atoms with Crippen LogP contribution in [0.4, 0.5) is 0 Å². The first-order valence-corrected chi connectivity index (χ1v) is 5.76. The van der Waals surface area contributed by atoms with Crippen molar-refractivity contribution in [3.63, 3.8) is 0 Å². The Morgan fingerprint density at radius 2 is 2.17 bits per heavy atom. The molecule has 18 heavy (non-hydrogen) atoms. The van der Waals surface area contributed by atoms with Crippen molar-refractivity contribution in [3.05, 3.63) is 23.8 Å². The zero-order valence-corrected chi connectivity index (χ0v) is 10.9. The molecular formula is C13H19NO4. The first kappa shape index (κ1) is 14.3. The van der Waals surface area contributed by atoms with Gasteiger partial charge in [0.15, 0.2) is 11.5 Å². The number of aliphatic carboxylic acids is 1. The predicted octanol–water partition coefficient (Wildman–Crippen LogP) is 1.45. The fourth-order valence-corrected chi connectivity index (χ4v) is 1.57. The summed E-state index contributed by atoms with van der Waals surface area (Å²) in [4.78, 5) is 10.8. The van der Waals surface area contributed by atoms with Crippen LogP contribution in [0.2, 0.25) is 0 Å². The summed E-state index contributed by atoms with van der Waals surface area (Å²) in [6.07, 6.45) is 0.392. The minimum Gasteiger partial charge on any atom is -0.493 e. The molecule has 1 aromatic rings. The van der Waals surface area contributed by atoms with Crippen molar-refractivity contribution in [2.24, 2.45) is 0 Å². The minimum absolute atomic E-state index is 0.317. The van der Waals surface area contributed by atoms with Crippen LogP contribution in [0.15, 0.2) is 18.2 Å². The van der Waals surface area contributed by atoms with E-state index in [0.717, 1.165) is 5.56 Å². The third-order valence-electron chi connectivity index (χ3n) is 2.63. The van der Waals surface area contributed by atoms with Crippen LogP contribution in [0.3, 0.4) is 0 Å². The molecule has 0 aliphatic heterocycles. The maximum atomic E-state index is 10.8. The molecule has 2 N–H and O–H groups in total. The summed E-state index contributed by atoms with van der Waals surface area (Å²) in [7, 11) is 3.19. The molecular weight excluding hydrogens is 234 g/mol. The van der Waals surface area contributed by atoms with Gasteiger partial charge in [-0.05, 0) is 31.7 Å². The Kier molecular flexibility index (Phi) is 5.45. The van der Waals surface area contributed by atoms with Crippen LogP contribution in [0.5, 0.6) is 11.5 Å². The van der Waals surface area contributed by atoms with Gasteiger partial charge in [-0.3, -0.25) is 4.79 Å². The van der Waals surface area contributed by atoms with Gasteiger partial charge in [0.2, 0.25) is 0 Å². The topological polar surface area (TPSA) is 67.8 Å². The largest absolute Gasteiger partial charge is 0.493 e. The fraction of sp³-hybridized carbons (Fsp3) is 0.462. The van der Waals surface area contributed by atoms with Gasteiger partial charge in [-0.25, -0.2) is 0 Å². The number of carboxylic acids is 1. The Balaban J connectivity index is 2.55. The number of hydrogen-bond acceptors (Lipinski definition) is 4. The van der Waals surface area contributed by atoms with Crippen molar-refractivity contribution in [1.82, 2.24) is 5.32 Å². The quantitative estimate of drug-likeness (QED) is 0.769. The van der Waals surface area contributed by atoms with Crippen LogP contribution in [0.25, 0.3) is 0 Å². The highest BCUT2D eigenvalue weighted by atomic mass is 16.5. The lowest BCUT2D eigenvalue weighted by Crippen LogP contribution is -2.35. The molecule has 0 fully saturated rings. The Hall–Kier alpha value is -1.75. The van der Waals surface area contributed by atoms with Gasteiger partial charge in [0.1, 0.15) is 6.04 Å². The summed E-state index contributed by atoms with van der Waals surface area (Å²) in [5, 5.41) is 11.6. The minimum atomic E-state index is -0.878. The van der Waals surface area contributed by atoms with E-state index in [1.54, 1.807) is 14.2 Å². The van der Waals surface area contributed by atoms with Crippen LogP contribution in [-0.2, 0) is 4.79 Å². The molecule has 5 heteroatoms. The molecule has 0 aliphatic carbocycles. The number of carbonyl (C=O) groups is 1. The van der Waals surface area contributed by atoms with Crippen molar-refractivity contribution in [3.8, 4) is 11.5 Å². The van der Waals surface area contributed by atoms with Crippen LogP contribution in [0, 0.1) is 6.92 Å². The van der Waals surface area contributed by atoms with E-state index in [-0.39, 0.29) is 0 Å². The normalized spacial score (nSPS) is 11.9. The molecule has 0 amide bonds. The van der Waals surface area contributed by atoms with Gasteiger partial charge in [0.05, 0.1) is 13.7 Å². The van der Waals surface area contributed by atoms with E-state index in [1.807, 2.05) is 25.1 Å². The zero-order chi connectivity index (χ0) is 13.5. The van der Waals surface area contributed by atoms with Crippen LogP contribution < -0.4 is 14.8 Å². The Bertz CT molecular complexity index is 406. The number of nitrogens with one attached hydrogen (secondary N) is 1. The molecule has 0 saturated heterocycles. The lowest BCUT2D eigenvalue weighted by Gasteiger charge is -2.14. The van der Waals surface area contributed by atoms with Gasteiger partial charge in [0, 0.05) is 6.42 Å². The van der Waals surface area contributed by atoms with Gasteiger partial charge in [0.25, 0.3) is 0 Å². The lowest BCUT2D eigenvalue weighted by atomic mass is 10.2. The van der Waals surface area contributed by atoms with Crippen LogP contribution >= 0.6 is 0 Å². The molecule has 0 radical (unpaired) electrons. The van der Waals surface area contributed by atoms with E-state index in [9.17, 15) is 4.79 Å². The van der Waals surface area contributed by atoms with Crippen molar-refractivity contribution < 1.29 is 19.4 Å². The molecule has 100 valence electrons. The molecule has 0 aliphatic rings. The summed E-state index contributed by atoms with van der Waals surface area (Å²) in [6, 6.07) is 5.03. The summed E-state index contributed by atoms with van der Waals surface area (Å²) in [6.45, 7) is 2.28. The molecule has 1 unspecified atom stereocenters. The summed E-state index contributed by atoms with van der Waals surface area (Å²) in [5.41, 5.74) is 1.08. The molecule has 0 spiro atoms. The molecule has 0 saturated carbocycles. The number of carboxylic acid groups (broad SMARTS) is 1. The molecule has 0 bridgehead atoms. The van der Waals surface area contributed by atoms with E-state index in [4.69, 9.17) is 14.6 Å². The van der Waals surface area contributed by atoms with Gasteiger partial charge in [-0.15, -0.1) is 0 Å². The van der Waals surface area contributed by atoms with E-state index in [0.29, 0.717) is 24.5 Å².